The molecule has 1 fully saturated rings. The van der Waals surface area contributed by atoms with Crippen molar-refractivity contribution in [1.29, 1.82) is 0 Å². The van der Waals surface area contributed by atoms with Crippen LogP contribution in [0.4, 0.5) is 11.6 Å². The maximum atomic E-state index is 13.4. The third-order valence-corrected chi connectivity index (χ3v) is 7.31. The Morgan fingerprint density at radius 3 is 2.77 bits per heavy atom. The van der Waals surface area contributed by atoms with Gasteiger partial charge < -0.3 is 24.4 Å². The number of aryl methyl sites for hydroxylation is 2. The number of hydrogen-bond donors (Lipinski definition) is 1. The van der Waals surface area contributed by atoms with E-state index in [0.717, 1.165) is 48.1 Å². The minimum Gasteiger partial charge on any atom is -0.443 e. The van der Waals surface area contributed by atoms with Crippen LogP contribution >= 0.6 is 0 Å². The number of oxazole rings is 1. The number of aromatic nitrogens is 6. The normalized spacial score (nSPS) is 16.1. The largest absolute Gasteiger partial charge is 0.443 e. The van der Waals surface area contributed by atoms with Crippen LogP contribution < -0.4 is 10.6 Å². The van der Waals surface area contributed by atoms with Gasteiger partial charge in [0.1, 0.15) is 29.1 Å². The molecule has 40 heavy (non-hydrogen) atoms. The third kappa shape index (κ3) is 4.91. The van der Waals surface area contributed by atoms with Crippen molar-refractivity contribution >= 4 is 23.1 Å². The number of likely N-dealkylation sites (N-methyl/N-ethyl adjacent to an activating group) is 1. The number of Topliss-reactive ketones (excluding diaryl/α,β-unsaturated/α-hetero) is 1. The predicted molar refractivity (Wildman–Crippen MR) is 152 cm³/mol. The number of imidazole rings is 1. The van der Waals surface area contributed by atoms with Gasteiger partial charge in [-0.25, -0.2) is 24.9 Å². The summed E-state index contributed by atoms with van der Waals surface area (Å²) in [5.41, 5.74) is 10.6. The smallest absolute Gasteiger partial charge is 0.247 e. The molecular formula is C29H31N9O2. The second-order valence-electron chi connectivity index (χ2n) is 10.3. The van der Waals surface area contributed by atoms with E-state index in [1.807, 2.05) is 47.9 Å². The van der Waals surface area contributed by atoms with Crippen LogP contribution in [0.3, 0.4) is 0 Å². The first kappa shape index (κ1) is 25.6. The molecule has 5 aromatic rings. The summed E-state index contributed by atoms with van der Waals surface area (Å²) in [5, 5.41) is 0. The van der Waals surface area contributed by atoms with Gasteiger partial charge in [0.25, 0.3) is 0 Å². The van der Waals surface area contributed by atoms with Crippen LogP contribution in [0.2, 0.25) is 0 Å². The molecule has 1 atom stereocenters. The lowest BCUT2D eigenvalue weighted by molar-refractivity contribution is 0.0978. The molecule has 1 aliphatic heterocycles. The Morgan fingerprint density at radius 1 is 1.10 bits per heavy atom. The second-order valence-corrected chi connectivity index (χ2v) is 10.3. The molecule has 6 heterocycles. The number of hydrogen-bond acceptors (Lipinski definition) is 10. The zero-order valence-corrected chi connectivity index (χ0v) is 22.8. The van der Waals surface area contributed by atoms with E-state index in [9.17, 15) is 4.79 Å². The molecule has 11 heteroatoms. The predicted octanol–water partition coefficient (Wildman–Crippen LogP) is 3.69. The maximum absolute atomic E-state index is 13.4. The molecule has 0 spiro atoms. The van der Waals surface area contributed by atoms with Crippen molar-refractivity contribution in [3.05, 3.63) is 72.3 Å². The van der Waals surface area contributed by atoms with Gasteiger partial charge in [-0.1, -0.05) is 6.07 Å². The van der Waals surface area contributed by atoms with E-state index >= 15 is 0 Å². The lowest BCUT2D eigenvalue weighted by Crippen LogP contribution is -2.50. The molecule has 1 aliphatic rings. The summed E-state index contributed by atoms with van der Waals surface area (Å²) in [4.78, 5) is 40.9. The highest BCUT2D eigenvalue weighted by atomic mass is 16.3. The van der Waals surface area contributed by atoms with Crippen LogP contribution in [0.1, 0.15) is 35.2 Å². The molecule has 0 amide bonds. The number of anilines is 2. The Hall–Kier alpha value is -4.64. The van der Waals surface area contributed by atoms with Gasteiger partial charge in [0.15, 0.2) is 17.3 Å². The van der Waals surface area contributed by atoms with Gasteiger partial charge in [-0.2, -0.15) is 0 Å². The zero-order chi connectivity index (χ0) is 27.8. The van der Waals surface area contributed by atoms with Crippen LogP contribution in [0.5, 0.6) is 0 Å². The second kappa shape index (κ2) is 10.5. The number of pyridine rings is 2. The number of piperazine rings is 1. The Labute approximate surface area is 231 Å². The van der Waals surface area contributed by atoms with Gasteiger partial charge in [0, 0.05) is 61.4 Å². The number of nitrogen functional groups attached to an aromatic ring is 1. The average Bonchev–Trinajstić information content (AvgIpc) is 3.62. The van der Waals surface area contributed by atoms with E-state index in [1.165, 1.54) is 12.5 Å². The number of carbonyl (C=O) groups is 1. The fraction of sp³-hybridized carbons (Fsp3) is 0.310. The lowest BCUT2D eigenvalue weighted by atomic mass is 10.1. The monoisotopic (exact) mass is 537 g/mol. The van der Waals surface area contributed by atoms with Crippen LogP contribution in [0.15, 0.2) is 59.6 Å². The van der Waals surface area contributed by atoms with E-state index in [4.69, 9.17) is 20.1 Å². The highest BCUT2D eigenvalue weighted by Gasteiger charge is 2.24. The third-order valence-electron chi connectivity index (χ3n) is 7.31. The number of ketones is 1. The van der Waals surface area contributed by atoms with Crippen molar-refractivity contribution in [3.63, 3.8) is 0 Å². The van der Waals surface area contributed by atoms with Crippen LogP contribution in [0.25, 0.3) is 28.5 Å². The summed E-state index contributed by atoms with van der Waals surface area (Å²) in [5.74, 6) is 1.04. The zero-order valence-electron chi connectivity index (χ0n) is 22.8. The maximum Gasteiger partial charge on any atom is 0.247 e. The average molecular weight is 538 g/mol. The summed E-state index contributed by atoms with van der Waals surface area (Å²) in [6.45, 7) is 7.08. The molecule has 0 radical (unpaired) electrons. The van der Waals surface area contributed by atoms with Gasteiger partial charge in [-0.05, 0) is 51.6 Å². The molecule has 6 rings (SSSR count). The van der Waals surface area contributed by atoms with Crippen molar-refractivity contribution < 1.29 is 9.21 Å². The highest BCUT2D eigenvalue weighted by molar-refractivity contribution is 5.99. The quantitative estimate of drug-likeness (QED) is 0.307. The van der Waals surface area contributed by atoms with Gasteiger partial charge in [0.05, 0.1) is 6.20 Å². The Balaban J connectivity index is 1.28. The molecule has 0 saturated carbocycles. The Kier molecular flexibility index (Phi) is 6.72. The molecule has 0 aromatic carbocycles. The van der Waals surface area contributed by atoms with Crippen molar-refractivity contribution in [3.8, 4) is 22.8 Å². The molecule has 0 aliphatic carbocycles. The molecule has 2 N–H and O–H groups in total. The fourth-order valence-corrected chi connectivity index (χ4v) is 5.19. The van der Waals surface area contributed by atoms with Crippen molar-refractivity contribution in [1.82, 2.24) is 34.2 Å². The number of fused-ring (bicyclic) bond motifs is 1. The van der Waals surface area contributed by atoms with Crippen LogP contribution in [-0.4, -0.2) is 72.7 Å². The van der Waals surface area contributed by atoms with Gasteiger partial charge >= 0.3 is 0 Å². The van der Waals surface area contributed by atoms with E-state index < -0.39 is 0 Å². The summed E-state index contributed by atoms with van der Waals surface area (Å²) in [6, 6.07) is 10.1. The first-order valence-corrected chi connectivity index (χ1v) is 13.3. The molecule has 5 aromatic heterocycles. The van der Waals surface area contributed by atoms with Crippen LogP contribution in [-0.2, 0) is 6.42 Å². The molecule has 0 bridgehead atoms. The minimum atomic E-state index is -0.203. The van der Waals surface area contributed by atoms with Crippen molar-refractivity contribution in [2.75, 3.05) is 37.3 Å². The highest BCUT2D eigenvalue weighted by Crippen LogP contribution is 2.31. The van der Waals surface area contributed by atoms with E-state index in [2.05, 4.69) is 38.7 Å². The Morgan fingerprint density at radius 2 is 1.98 bits per heavy atom. The first-order valence-electron chi connectivity index (χ1n) is 13.3. The first-order chi connectivity index (χ1) is 19.4. The summed E-state index contributed by atoms with van der Waals surface area (Å²) < 4.78 is 7.48. The molecule has 1 saturated heterocycles. The number of carbonyl (C=O) groups excluding carboxylic acids is 1. The standard InChI is InChI=1S/C29H31N9O2/c1-18-15-32-23-10-7-20(17-38(18)23)25-27(29-31-11-14-40-29)35-28(30)26(34-25)22(39)9-8-21-5-4-6-24(33-21)37-13-12-36(3)16-19(37)2/h4-7,10-11,14-15,17,19H,8-9,12-13,16H2,1-3H3,(H2,30,35)/t19-/m1/s1. The van der Waals surface area contributed by atoms with E-state index in [-0.39, 0.29) is 29.6 Å². The minimum absolute atomic E-state index is 0.0369. The lowest BCUT2D eigenvalue weighted by Gasteiger charge is -2.39. The summed E-state index contributed by atoms with van der Waals surface area (Å²) in [6.07, 6.45) is 7.36. The van der Waals surface area contributed by atoms with Gasteiger partial charge in [-0.15, -0.1) is 0 Å². The number of nitrogens with zero attached hydrogens (tertiary/aromatic N) is 8. The van der Waals surface area contributed by atoms with Gasteiger partial charge in [-0.3, -0.25) is 4.79 Å². The van der Waals surface area contributed by atoms with Crippen LogP contribution in [0, 0.1) is 6.92 Å². The number of rotatable bonds is 7. The van der Waals surface area contributed by atoms with Crippen molar-refractivity contribution in [2.45, 2.75) is 32.7 Å². The van der Waals surface area contributed by atoms with E-state index in [0.29, 0.717) is 23.9 Å². The molecular weight excluding hydrogens is 506 g/mol. The topological polar surface area (TPSA) is 132 Å². The SMILES string of the molecule is Cc1cnc2ccc(-c3nc(C(=O)CCc4cccc(N5CCN(C)C[C@H]5C)n4)c(N)nc3-c3ncco3)cn12. The van der Waals surface area contributed by atoms with Crippen molar-refractivity contribution in [2.24, 2.45) is 0 Å². The van der Waals surface area contributed by atoms with E-state index in [1.54, 1.807) is 6.20 Å². The fourth-order valence-electron chi connectivity index (χ4n) is 5.19. The molecule has 204 valence electrons. The number of nitrogens with two attached hydrogens (primary N) is 1. The Bertz CT molecular complexity index is 1680. The summed E-state index contributed by atoms with van der Waals surface area (Å²) >= 11 is 0. The summed E-state index contributed by atoms with van der Waals surface area (Å²) in [7, 11) is 2.14. The van der Waals surface area contributed by atoms with Gasteiger partial charge in [0.2, 0.25) is 5.89 Å². The molecule has 0 unspecified atom stereocenters. The molecule has 11 nitrogen and oxygen atoms in total.